The van der Waals surface area contributed by atoms with Crippen LogP contribution in [0.1, 0.15) is 19.0 Å². The van der Waals surface area contributed by atoms with E-state index in [1.807, 2.05) is 24.1 Å². The lowest BCUT2D eigenvalue weighted by Crippen LogP contribution is -2.06. The summed E-state index contributed by atoms with van der Waals surface area (Å²) in [6, 6.07) is 8.39. The lowest BCUT2D eigenvalue weighted by atomic mass is 10.2. The second-order valence-electron chi connectivity index (χ2n) is 4.85. The van der Waals surface area contributed by atoms with E-state index in [9.17, 15) is 0 Å². The van der Waals surface area contributed by atoms with Gasteiger partial charge in [-0.05, 0) is 30.7 Å². The van der Waals surface area contributed by atoms with Crippen LogP contribution in [0, 0.1) is 0 Å². The average molecular weight is 298 g/mol. The van der Waals surface area contributed by atoms with Gasteiger partial charge in [0.15, 0.2) is 0 Å². The minimum atomic E-state index is 0.788. The summed E-state index contributed by atoms with van der Waals surface area (Å²) in [6.07, 6.45) is 6.77. The maximum atomic E-state index is 4.32. The Balaban J connectivity index is 1.64. The summed E-state index contributed by atoms with van der Waals surface area (Å²) < 4.78 is 2.19. The smallest absolute Gasteiger partial charge is 0.123 e. The molecule has 21 heavy (non-hydrogen) atoms. The first-order chi connectivity index (χ1) is 10.4. The van der Waals surface area contributed by atoms with E-state index in [1.54, 1.807) is 11.3 Å². The van der Waals surface area contributed by atoms with Gasteiger partial charge >= 0.3 is 0 Å². The Morgan fingerprint density at radius 2 is 2.10 bits per heavy atom. The van der Waals surface area contributed by atoms with E-state index in [4.69, 9.17) is 0 Å². The van der Waals surface area contributed by atoms with Crippen molar-refractivity contribution in [3.05, 3.63) is 54.1 Å². The summed E-state index contributed by atoms with van der Waals surface area (Å²) in [7, 11) is 0. The van der Waals surface area contributed by atoms with Crippen molar-refractivity contribution < 1.29 is 0 Å². The standard InChI is InChI=1S/C16H18N4S/c1-2-8-20-12-17-10-15(20)11-19-14-5-3-13(4-6-14)16-18-7-9-21-16/h3-7,9-10,12,19H,2,8,11H2,1H3. The molecule has 0 amide bonds. The zero-order chi connectivity index (χ0) is 14.5. The van der Waals surface area contributed by atoms with Crippen molar-refractivity contribution in [1.29, 1.82) is 0 Å². The normalized spacial score (nSPS) is 10.7. The SMILES string of the molecule is CCCn1cncc1CNc1ccc(-c2nccs2)cc1. The molecule has 0 saturated carbocycles. The monoisotopic (exact) mass is 298 g/mol. The molecule has 2 heterocycles. The molecule has 0 fully saturated rings. The van der Waals surface area contributed by atoms with Crippen LogP contribution in [-0.2, 0) is 13.1 Å². The molecule has 3 rings (SSSR count). The minimum Gasteiger partial charge on any atom is -0.379 e. The highest BCUT2D eigenvalue weighted by molar-refractivity contribution is 7.13. The zero-order valence-electron chi connectivity index (χ0n) is 12.0. The van der Waals surface area contributed by atoms with Crippen LogP contribution in [0.2, 0.25) is 0 Å². The fourth-order valence-electron chi connectivity index (χ4n) is 2.23. The van der Waals surface area contributed by atoms with Crippen molar-refractivity contribution >= 4 is 17.0 Å². The van der Waals surface area contributed by atoms with Crippen molar-refractivity contribution in [3.8, 4) is 10.6 Å². The third-order valence-corrected chi connectivity index (χ3v) is 4.12. The number of nitrogens with zero attached hydrogens (tertiary/aromatic N) is 3. The van der Waals surface area contributed by atoms with E-state index < -0.39 is 0 Å². The molecule has 2 aromatic heterocycles. The summed E-state index contributed by atoms with van der Waals surface area (Å²) >= 11 is 1.66. The van der Waals surface area contributed by atoms with E-state index in [2.05, 4.69) is 51.0 Å². The molecular formula is C16H18N4S. The third-order valence-electron chi connectivity index (χ3n) is 3.30. The van der Waals surface area contributed by atoms with Crippen LogP contribution >= 0.6 is 11.3 Å². The molecule has 4 nitrogen and oxygen atoms in total. The highest BCUT2D eigenvalue weighted by Crippen LogP contribution is 2.23. The first-order valence-corrected chi connectivity index (χ1v) is 7.97. The Bertz CT molecular complexity index is 671. The van der Waals surface area contributed by atoms with Gasteiger partial charge in [0.05, 0.1) is 18.6 Å². The average Bonchev–Trinajstić information content (AvgIpc) is 3.18. The topological polar surface area (TPSA) is 42.7 Å². The fraction of sp³-hybridized carbons (Fsp3) is 0.250. The van der Waals surface area contributed by atoms with Crippen LogP contribution in [0.5, 0.6) is 0 Å². The largest absolute Gasteiger partial charge is 0.379 e. The Morgan fingerprint density at radius 1 is 1.24 bits per heavy atom. The van der Waals surface area contributed by atoms with Gasteiger partial charge in [-0.3, -0.25) is 0 Å². The molecule has 0 aliphatic heterocycles. The van der Waals surface area contributed by atoms with Crippen LogP contribution in [0.4, 0.5) is 5.69 Å². The summed E-state index contributed by atoms with van der Waals surface area (Å²) in [5, 5.41) is 6.49. The maximum Gasteiger partial charge on any atom is 0.123 e. The van der Waals surface area contributed by atoms with Gasteiger partial charge in [-0.25, -0.2) is 9.97 Å². The molecule has 0 unspecified atom stereocenters. The Hall–Kier alpha value is -2.14. The fourth-order valence-corrected chi connectivity index (χ4v) is 2.87. The van der Waals surface area contributed by atoms with Crippen molar-refractivity contribution in [1.82, 2.24) is 14.5 Å². The number of anilines is 1. The van der Waals surface area contributed by atoms with Gasteiger partial charge in [0.2, 0.25) is 0 Å². The molecule has 108 valence electrons. The van der Waals surface area contributed by atoms with E-state index >= 15 is 0 Å². The summed E-state index contributed by atoms with van der Waals surface area (Å²) in [6.45, 7) is 3.98. The predicted octanol–water partition coefficient (Wildman–Crippen LogP) is 4.03. The molecule has 0 saturated heterocycles. The summed E-state index contributed by atoms with van der Waals surface area (Å²) in [5.41, 5.74) is 3.48. The molecule has 0 aliphatic rings. The quantitative estimate of drug-likeness (QED) is 0.747. The zero-order valence-corrected chi connectivity index (χ0v) is 12.8. The van der Waals surface area contributed by atoms with E-state index in [0.29, 0.717) is 0 Å². The molecule has 1 N–H and O–H groups in total. The molecule has 3 aromatic rings. The molecule has 1 aromatic carbocycles. The number of rotatable bonds is 6. The number of thiazole rings is 1. The van der Waals surface area contributed by atoms with E-state index in [-0.39, 0.29) is 0 Å². The molecule has 0 atom stereocenters. The van der Waals surface area contributed by atoms with Crippen LogP contribution in [0.15, 0.2) is 48.4 Å². The highest BCUT2D eigenvalue weighted by Gasteiger charge is 2.03. The van der Waals surface area contributed by atoms with Crippen molar-refractivity contribution in [3.63, 3.8) is 0 Å². The number of hydrogen-bond acceptors (Lipinski definition) is 4. The number of aromatic nitrogens is 3. The van der Waals surface area contributed by atoms with Crippen LogP contribution in [0.25, 0.3) is 10.6 Å². The summed E-state index contributed by atoms with van der Waals surface area (Å²) in [5.74, 6) is 0. The Kier molecular flexibility index (Phi) is 4.31. The second kappa shape index (κ2) is 6.54. The predicted molar refractivity (Wildman–Crippen MR) is 87.4 cm³/mol. The minimum absolute atomic E-state index is 0.788. The van der Waals surface area contributed by atoms with Gasteiger partial charge in [-0.2, -0.15) is 0 Å². The van der Waals surface area contributed by atoms with Crippen LogP contribution < -0.4 is 5.32 Å². The van der Waals surface area contributed by atoms with Crippen molar-refractivity contribution in [2.24, 2.45) is 0 Å². The number of hydrogen-bond donors (Lipinski definition) is 1. The van der Waals surface area contributed by atoms with Gasteiger partial charge in [-0.1, -0.05) is 6.92 Å². The molecular weight excluding hydrogens is 280 g/mol. The van der Waals surface area contributed by atoms with Crippen molar-refractivity contribution in [2.45, 2.75) is 26.4 Å². The van der Waals surface area contributed by atoms with Crippen LogP contribution in [0.3, 0.4) is 0 Å². The molecule has 0 bridgehead atoms. The van der Waals surface area contributed by atoms with Crippen molar-refractivity contribution in [2.75, 3.05) is 5.32 Å². The van der Waals surface area contributed by atoms with Gasteiger partial charge < -0.3 is 9.88 Å². The molecule has 0 radical (unpaired) electrons. The molecule has 5 heteroatoms. The number of aryl methyl sites for hydroxylation is 1. The van der Waals surface area contributed by atoms with Gasteiger partial charge in [0, 0.05) is 35.6 Å². The Labute approximate surface area is 128 Å². The number of imidazole rings is 1. The first-order valence-electron chi connectivity index (χ1n) is 7.09. The van der Waals surface area contributed by atoms with Crippen LogP contribution in [-0.4, -0.2) is 14.5 Å². The van der Waals surface area contributed by atoms with Gasteiger partial charge in [-0.15, -0.1) is 11.3 Å². The lowest BCUT2D eigenvalue weighted by Gasteiger charge is -2.09. The summed E-state index contributed by atoms with van der Waals surface area (Å²) in [4.78, 5) is 8.54. The van der Waals surface area contributed by atoms with E-state index in [0.717, 1.165) is 35.8 Å². The third kappa shape index (κ3) is 3.31. The maximum absolute atomic E-state index is 4.32. The Morgan fingerprint density at radius 3 is 2.81 bits per heavy atom. The van der Waals surface area contributed by atoms with Gasteiger partial charge in [0.1, 0.15) is 5.01 Å². The van der Waals surface area contributed by atoms with Gasteiger partial charge in [0.25, 0.3) is 0 Å². The molecule has 0 spiro atoms. The lowest BCUT2D eigenvalue weighted by molar-refractivity contribution is 0.651. The number of benzene rings is 1. The first kappa shape index (κ1) is 13.8. The molecule has 0 aliphatic carbocycles. The number of nitrogens with one attached hydrogen (secondary N) is 1. The van der Waals surface area contributed by atoms with E-state index in [1.165, 1.54) is 5.69 Å². The second-order valence-corrected chi connectivity index (χ2v) is 5.74. The highest BCUT2D eigenvalue weighted by atomic mass is 32.1.